The predicted octanol–water partition coefficient (Wildman–Crippen LogP) is 3.50. The van der Waals surface area contributed by atoms with Gasteiger partial charge in [0.25, 0.3) is 0 Å². The van der Waals surface area contributed by atoms with Crippen molar-refractivity contribution in [2.45, 2.75) is 32.6 Å². The molecule has 0 N–H and O–H groups in total. The highest BCUT2D eigenvalue weighted by Crippen LogP contribution is 2.29. The number of fused-ring (bicyclic) bond motifs is 1. The third kappa shape index (κ3) is 3.51. The standard InChI is InChI=1S/C23H23N5O/c1-15-12-28(13-16(2)29-15)22-10-21(26-14-27-22)23-20-9-18(3-4-19(20)11-25-23)17-5-7-24-8-6-17/h3-10,14-16H,11-13H2,1-2H3/t15-,16+. The Bertz CT molecular complexity index is 1060. The molecule has 3 aromatic rings. The van der Waals surface area contributed by atoms with Gasteiger partial charge in [0.15, 0.2) is 0 Å². The van der Waals surface area contributed by atoms with E-state index in [-0.39, 0.29) is 12.2 Å². The van der Waals surface area contributed by atoms with E-state index in [0.717, 1.165) is 47.0 Å². The van der Waals surface area contributed by atoms with Crippen molar-refractivity contribution in [2.75, 3.05) is 18.0 Å². The molecule has 4 heterocycles. The molecular formula is C23H23N5O. The van der Waals surface area contributed by atoms with Gasteiger partial charge in [0, 0.05) is 37.1 Å². The van der Waals surface area contributed by atoms with Gasteiger partial charge >= 0.3 is 0 Å². The molecule has 1 aromatic carbocycles. The van der Waals surface area contributed by atoms with E-state index in [4.69, 9.17) is 9.73 Å². The number of anilines is 1. The first-order valence-corrected chi connectivity index (χ1v) is 9.98. The SMILES string of the molecule is C[C@@H]1CN(c2cc(C3=NCc4ccc(-c5ccncc5)cc43)ncn2)C[C@H](C)O1. The van der Waals surface area contributed by atoms with Gasteiger partial charge in [-0.05, 0) is 48.7 Å². The molecule has 1 fully saturated rings. The number of hydrogen-bond acceptors (Lipinski definition) is 6. The highest BCUT2D eigenvalue weighted by molar-refractivity contribution is 6.14. The number of aromatic nitrogens is 3. The molecule has 2 atom stereocenters. The second kappa shape index (κ2) is 7.37. The van der Waals surface area contributed by atoms with Gasteiger partial charge in [0.2, 0.25) is 0 Å². The normalized spacial score (nSPS) is 21.0. The second-order valence-electron chi connectivity index (χ2n) is 7.70. The minimum Gasteiger partial charge on any atom is -0.372 e. The van der Waals surface area contributed by atoms with Crippen LogP contribution in [0.1, 0.15) is 30.7 Å². The molecule has 2 aliphatic heterocycles. The number of hydrogen-bond donors (Lipinski definition) is 0. The molecule has 146 valence electrons. The highest BCUT2D eigenvalue weighted by Gasteiger charge is 2.25. The molecule has 5 rings (SSSR count). The Hall–Kier alpha value is -3.12. The minimum absolute atomic E-state index is 0.185. The smallest absolute Gasteiger partial charge is 0.132 e. The lowest BCUT2D eigenvalue weighted by Crippen LogP contribution is -2.45. The van der Waals surface area contributed by atoms with Crippen molar-refractivity contribution in [2.24, 2.45) is 4.99 Å². The summed E-state index contributed by atoms with van der Waals surface area (Å²) in [6, 6.07) is 12.6. The van der Waals surface area contributed by atoms with Crippen molar-refractivity contribution < 1.29 is 4.74 Å². The first-order valence-electron chi connectivity index (χ1n) is 9.98. The van der Waals surface area contributed by atoms with Gasteiger partial charge in [0.1, 0.15) is 12.1 Å². The number of benzene rings is 1. The maximum atomic E-state index is 5.86. The summed E-state index contributed by atoms with van der Waals surface area (Å²) in [7, 11) is 0. The Kier molecular flexibility index (Phi) is 4.56. The number of rotatable bonds is 3. The van der Waals surface area contributed by atoms with Crippen molar-refractivity contribution in [3.05, 3.63) is 71.9 Å². The Morgan fingerprint density at radius 2 is 1.72 bits per heavy atom. The van der Waals surface area contributed by atoms with Crippen LogP contribution in [0, 0.1) is 0 Å². The lowest BCUT2D eigenvalue weighted by atomic mass is 9.97. The molecule has 0 saturated carbocycles. The topological polar surface area (TPSA) is 63.5 Å². The maximum absolute atomic E-state index is 5.86. The van der Waals surface area contributed by atoms with Gasteiger partial charge in [0.05, 0.1) is 30.2 Å². The molecule has 2 aliphatic rings. The average molecular weight is 385 g/mol. The quantitative estimate of drug-likeness (QED) is 0.690. The Balaban J connectivity index is 1.48. The van der Waals surface area contributed by atoms with Gasteiger partial charge < -0.3 is 9.64 Å². The van der Waals surface area contributed by atoms with Crippen molar-refractivity contribution in [1.82, 2.24) is 15.0 Å². The van der Waals surface area contributed by atoms with Crippen LogP contribution in [0.25, 0.3) is 11.1 Å². The van der Waals surface area contributed by atoms with E-state index in [1.807, 2.05) is 24.5 Å². The first kappa shape index (κ1) is 17.9. The second-order valence-corrected chi connectivity index (χ2v) is 7.70. The Morgan fingerprint density at radius 3 is 2.52 bits per heavy atom. The molecule has 0 spiro atoms. The number of ether oxygens (including phenoxy) is 1. The van der Waals surface area contributed by atoms with Crippen LogP contribution in [0.15, 0.2) is 60.1 Å². The van der Waals surface area contributed by atoms with E-state index < -0.39 is 0 Å². The fraction of sp³-hybridized carbons (Fsp3) is 0.304. The summed E-state index contributed by atoms with van der Waals surface area (Å²) in [4.78, 5) is 20.3. The van der Waals surface area contributed by atoms with Crippen LogP contribution in [-0.2, 0) is 11.3 Å². The van der Waals surface area contributed by atoms with Gasteiger partial charge in [-0.25, -0.2) is 9.97 Å². The van der Waals surface area contributed by atoms with Crippen LogP contribution in [-0.4, -0.2) is 46.0 Å². The largest absolute Gasteiger partial charge is 0.372 e. The summed E-state index contributed by atoms with van der Waals surface area (Å²) in [5.41, 5.74) is 6.49. The monoisotopic (exact) mass is 385 g/mol. The summed E-state index contributed by atoms with van der Waals surface area (Å²) in [6.07, 6.45) is 5.65. The summed E-state index contributed by atoms with van der Waals surface area (Å²) >= 11 is 0. The molecule has 0 unspecified atom stereocenters. The molecule has 6 heteroatoms. The molecule has 0 bridgehead atoms. The van der Waals surface area contributed by atoms with Gasteiger partial charge in [-0.2, -0.15) is 0 Å². The van der Waals surface area contributed by atoms with Gasteiger partial charge in [-0.3, -0.25) is 9.98 Å². The van der Waals surface area contributed by atoms with Crippen molar-refractivity contribution >= 4 is 11.5 Å². The number of morpholine rings is 1. The van der Waals surface area contributed by atoms with E-state index in [0.29, 0.717) is 6.54 Å². The highest BCUT2D eigenvalue weighted by atomic mass is 16.5. The van der Waals surface area contributed by atoms with Crippen LogP contribution < -0.4 is 4.90 Å². The van der Waals surface area contributed by atoms with Crippen LogP contribution in [0.4, 0.5) is 5.82 Å². The molecule has 0 radical (unpaired) electrons. The van der Waals surface area contributed by atoms with Crippen molar-refractivity contribution in [3.63, 3.8) is 0 Å². The molecule has 1 saturated heterocycles. The fourth-order valence-electron chi connectivity index (χ4n) is 4.14. The van der Waals surface area contributed by atoms with Crippen molar-refractivity contribution in [3.8, 4) is 11.1 Å². The molecule has 2 aromatic heterocycles. The zero-order valence-corrected chi connectivity index (χ0v) is 16.6. The van der Waals surface area contributed by atoms with E-state index in [1.165, 1.54) is 5.56 Å². The number of pyridine rings is 1. The number of aliphatic imine (C=N–C) groups is 1. The van der Waals surface area contributed by atoms with E-state index >= 15 is 0 Å². The first-order chi connectivity index (χ1) is 14.2. The van der Waals surface area contributed by atoms with Crippen LogP contribution in [0.5, 0.6) is 0 Å². The lowest BCUT2D eigenvalue weighted by molar-refractivity contribution is -0.00546. The summed E-state index contributed by atoms with van der Waals surface area (Å²) in [6.45, 7) is 6.55. The predicted molar refractivity (Wildman–Crippen MR) is 113 cm³/mol. The maximum Gasteiger partial charge on any atom is 0.132 e. The zero-order chi connectivity index (χ0) is 19.8. The Labute approximate surface area is 170 Å². The van der Waals surface area contributed by atoms with Crippen LogP contribution >= 0.6 is 0 Å². The summed E-state index contributed by atoms with van der Waals surface area (Å²) < 4.78 is 5.86. The van der Waals surface area contributed by atoms with E-state index in [9.17, 15) is 0 Å². The molecule has 29 heavy (non-hydrogen) atoms. The number of nitrogens with zero attached hydrogens (tertiary/aromatic N) is 5. The van der Waals surface area contributed by atoms with Crippen molar-refractivity contribution in [1.29, 1.82) is 0 Å². The van der Waals surface area contributed by atoms with Crippen LogP contribution in [0.3, 0.4) is 0 Å². The van der Waals surface area contributed by atoms with E-state index in [2.05, 4.69) is 58.0 Å². The van der Waals surface area contributed by atoms with Crippen LogP contribution in [0.2, 0.25) is 0 Å². The molecule has 6 nitrogen and oxygen atoms in total. The van der Waals surface area contributed by atoms with Gasteiger partial charge in [-0.1, -0.05) is 12.1 Å². The lowest BCUT2D eigenvalue weighted by Gasteiger charge is -2.36. The average Bonchev–Trinajstić information content (AvgIpc) is 3.17. The molecule has 0 amide bonds. The summed E-state index contributed by atoms with van der Waals surface area (Å²) in [5, 5.41) is 0. The molecular weight excluding hydrogens is 362 g/mol. The third-order valence-electron chi connectivity index (χ3n) is 5.43. The fourth-order valence-corrected chi connectivity index (χ4v) is 4.14. The zero-order valence-electron chi connectivity index (χ0n) is 16.6. The Morgan fingerprint density at radius 1 is 0.931 bits per heavy atom. The minimum atomic E-state index is 0.185. The summed E-state index contributed by atoms with van der Waals surface area (Å²) in [5.74, 6) is 0.929. The third-order valence-corrected chi connectivity index (χ3v) is 5.43. The molecule has 0 aliphatic carbocycles. The van der Waals surface area contributed by atoms with Gasteiger partial charge in [-0.15, -0.1) is 0 Å². The van der Waals surface area contributed by atoms with E-state index in [1.54, 1.807) is 6.33 Å².